The van der Waals surface area contributed by atoms with E-state index >= 15 is 0 Å². The van der Waals surface area contributed by atoms with Gasteiger partial charge in [0.1, 0.15) is 6.54 Å². The van der Waals surface area contributed by atoms with Crippen LogP contribution in [0.15, 0.2) is 30.3 Å². The third-order valence-corrected chi connectivity index (χ3v) is 7.53. The molecular formula is C22H35N2O+. The summed E-state index contributed by atoms with van der Waals surface area (Å²) in [5.41, 5.74) is 1.95. The van der Waals surface area contributed by atoms with E-state index in [-0.39, 0.29) is 11.3 Å². The number of rotatable bonds is 6. The van der Waals surface area contributed by atoms with Gasteiger partial charge in [-0.25, -0.2) is 0 Å². The summed E-state index contributed by atoms with van der Waals surface area (Å²) in [4.78, 5) is 12.6. The van der Waals surface area contributed by atoms with Crippen LogP contribution in [0.1, 0.15) is 52.0 Å². The minimum Gasteiger partial charge on any atom is -0.353 e. The van der Waals surface area contributed by atoms with Gasteiger partial charge in [0.25, 0.3) is 0 Å². The van der Waals surface area contributed by atoms with E-state index in [1.807, 2.05) is 6.07 Å². The lowest BCUT2D eigenvalue weighted by Gasteiger charge is -2.39. The average Bonchev–Trinajstić information content (AvgIpc) is 2.87. The molecule has 138 valence electrons. The highest BCUT2D eigenvalue weighted by atomic mass is 16.1. The second-order valence-electron chi connectivity index (χ2n) is 9.78. The van der Waals surface area contributed by atoms with Crippen LogP contribution < -0.4 is 5.32 Å². The molecule has 1 aromatic carbocycles. The van der Waals surface area contributed by atoms with Crippen molar-refractivity contribution < 1.29 is 9.28 Å². The van der Waals surface area contributed by atoms with E-state index in [4.69, 9.17) is 0 Å². The number of nitrogens with one attached hydrogen (secondary N) is 1. The first kappa shape index (κ1) is 18.4. The molecule has 1 N–H and O–H groups in total. The number of amides is 1. The third kappa shape index (κ3) is 3.48. The van der Waals surface area contributed by atoms with E-state index in [9.17, 15) is 4.79 Å². The summed E-state index contributed by atoms with van der Waals surface area (Å²) in [6, 6.07) is 10.9. The Bertz CT molecular complexity index is 622. The topological polar surface area (TPSA) is 29.1 Å². The fourth-order valence-corrected chi connectivity index (χ4v) is 5.25. The Morgan fingerprint density at radius 2 is 1.88 bits per heavy atom. The van der Waals surface area contributed by atoms with Gasteiger partial charge in [-0.2, -0.15) is 0 Å². The largest absolute Gasteiger partial charge is 0.353 e. The van der Waals surface area contributed by atoms with Crippen molar-refractivity contribution in [1.29, 1.82) is 0 Å². The number of carbonyl (C=O) groups is 1. The Hall–Kier alpha value is -1.35. The number of carbonyl (C=O) groups excluding carboxylic acids is 1. The number of nitrogens with zero attached hydrogens (tertiary/aromatic N) is 1. The number of hydrogen-bond acceptors (Lipinski definition) is 1. The van der Waals surface area contributed by atoms with Gasteiger partial charge in [-0.3, -0.25) is 4.79 Å². The minimum atomic E-state index is 0.230. The Morgan fingerprint density at radius 1 is 1.20 bits per heavy atom. The van der Waals surface area contributed by atoms with E-state index < -0.39 is 0 Å². The summed E-state index contributed by atoms with van der Waals surface area (Å²) >= 11 is 0. The highest BCUT2D eigenvalue weighted by molar-refractivity contribution is 5.76. The molecule has 0 radical (unpaired) electrons. The lowest BCUT2D eigenvalue weighted by Crippen LogP contribution is -2.48. The highest BCUT2D eigenvalue weighted by Gasteiger charge is 2.61. The zero-order valence-corrected chi connectivity index (χ0v) is 16.6. The maximum absolute atomic E-state index is 12.6. The normalized spacial score (nSPS) is 30.4. The van der Waals surface area contributed by atoms with Gasteiger partial charge in [-0.1, -0.05) is 51.1 Å². The molecule has 3 heteroatoms. The maximum atomic E-state index is 12.6. The molecule has 2 bridgehead atoms. The SMILES string of the molecule is CC1(C)C2CCC1(C)C(NC(=O)CC[N+](C)(C)Cc1ccccc1)C2. The zero-order valence-electron chi connectivity index (χ0n) is 16.6. The van der Waals surface area contributed by atoms with Gasteiger partial charge in [0.2, 0.25) is 5.91 Å². The summed E-state index contributed by atoms with van der Waals surface area (Å²) in [5, 5.41) is 3.39. The second kappa shape index (κ2) is 6.42. The average molecular weight is 344 g/mol. The lowest BCUT2D eigenvalue weighted by atomic mass is 9.69. The van der Waals surface area contributed by atoms with E-state index in [1.54, 1.807) is 0 Å². The number of quaternary nitrogens is 1. The van der Waals surface area contributed by atoms with E-state index in [1.165, 1.54) is 18.4 Å². The molecular weight excluding hydrogens is 308 g/mol. The summed E-state index contributed by atoms with van der Waals surface area (Å²) in [6.45, 7) is 9.02. The predicted octanol–water partition coefficient (Wildman–Crippen LogP) is 3.98. The molecule has 1 amide bonds. The minimum absolute atomic E-state index is 0.230. The molecule has 25 heavy (non-hydrogen) atoms. The molecule has 3 nitrogen and oxygen atoms in total. The molecule has 0 aromatic heterocycles. The molecule has 3 atom stereocenters. The quantitative estimate of drug-likeness (QED) is 0.778. The monoisotopic (exact) mass is 343 g/mol. The molecule has 2 fully saturated rings. The molecule has 3 unspecified atom stereocenters. The van der Waals surface area contributed by atoms with Crippen molar-refractivity contribution in [2.75, 3.05) is 20.6 Å². The van der Waals surface area contributed by atoms with E-state index in [0.29, 0.717) is 17.9 Å². The fourth-order valence-electron chi connectivity index (χ4n) is 5.25. The van der Waals surface area contributed by atoms with E-state index in [0.717, 1.165) is 29.9 Å². The van der Waals surface area contributed by atoms with Gasteiger partial charge >= 0.3 is 0 Å². The molecule has 0 saturated heterocycles. The summed E-state index contributed by atoms with van der Waals surface area (Å²) in [7, 11) is 4.42. The Labute approximate surface area is 153 Å². The molecule has 3 rings (SSSR count). The van der Waals surface area contributed by atoms with Crippen molar-refractivity contribution in [2.24, 2.45) is 16.7 Å². The molecule has 2 saturated carbocycles. The predicted molar refractivity (Wildman–Crippen MR) is 103 cm³/mol. The van der Waals surface area contributed by atoms with Crippen LogP contribution >= 0.6 is 0 Å². The van der Waals surface area contributed by atoms with Gasteiger partial charge < -0.3 is 9.80 Å². The first-order valence-electron chi connectivity index (χ1n) is 9.79. The van der Waals surface area contributed by atoms with Crippen LogP contribution in [-0.4, -0.2) is 37.1 Å². The zero-order chi connectivity index (χ0) is 18.3. The number of hydrogen-bond donors (Lipinski definition) is 1. The Kier molecular flexibility index (Phi) is 4.74. The van der Waals surface area contributed by atoms with Crippen LogP contribution in [0.3, 0.4) is 0 Å². The number of fused-ring (bicyclic) bond motifs is 2. The molecule has 1 aromatic rings. The van der Waals surface area contributed by atoms with Crippen molar-refractivity contribution in [3.8, 4) is 0 Å². The maximum Gasteiger partial charge on any atom is 0.225 e. The molecule has 2 aliphatic carbocycles. The highest BCUT2D eigenvalue weighted by Crippen LogP contribution is 2.65. The van der Waals surface area contributed by atoms with Gasteiger partial charge in [0.05, 0.1) is 27.1 Å². The van der Waals surface area contributed by atoms with Crippen molar-refractivity contribution in [3.63, 3.8) is 0 Å². The molecule has 2 aliphatic rings. The molecule has 0 spiro atoms. The Morgan fingerprint density at radius 3 is 2.44 bits per heavy atom. The van der Waals surface area contributed by atoms with Crippen LogP contribution in [0.5, 0.6) is 0 Å². The molecule has 0 heterocycles. The van der Waals surface area contributed by atoms with Crippen LogP contribution in [-0.2, 0) is 11.3 Å². The smallest absolute Gasteiger partial charge is 0.225 e. The summed E-state index contributed by atoms with van der Waals surface area (Å²) in [6.07, 6.45) is 4.36. The van der Waals surface area contributed by atoms with Crippen molar-refractivity contribution in [2.45, 2.75) is 59.0 Å². The molecule has 0 aliphatic heterocycles. The summed E-state index contributed by atoms with van der Waals surface area (Å²) < 4.78 is 0.841. The first-order chi connectivity index (χ1) is 11.6. The van der Waals surface area contributed by atoms with Crippen LogP contribution in [0, 0.1) is 16.7 Å². The standard InChI is InChI=1S/C22H34N2O/c1-21(2)18-11-13-22(21,3)19(15-18)23-20(25)12-14-24(4,5)16-17-9-7-6-8-10-17/h6-10,18-19H,11-16H2,1-5H3/p+1. The summed E-state index contributed by atoms with van der Waals surface area (Å²) in [5.74, 6) is 1.00. The second-order valence-corrected chi connectivity index (χ2v) is 9.78. The lowest BCUT2D eigenvalue weighted by molar-refractivity contribution is -0.903. The van der Waals surface area contributed by atoms with Gasteiger partial charge in [0.15, 0.2) is 0 Å². The number of benzene rings is 1. The van der Waals surface area contributed by atoms with Crippen molar-refractivity contribution in [1.82, 2.24) is 5.32 Å². The first-order valence-corrected chi connectivity index (χ1v) is 9.79. The van der Waals surface area contributed by atoms with Crippen LogP contribution in [0.25, 0.3) is 0 Å². The third-order valence-electron chi connectivity index (χ3n) is 7.53. The van der Waals surface area contributed by atoms with E-state index in [2.05, 4.69) is 64.4 Å². The van der Waals surface area contributed by atoms with Crippen LogP contribution in [0.2, 0.25) is 0 Å². The van der Waals surface area contributed by atoms with Gasteiger partial charge in [-0.15, -0.1) is 0 Å². The van der Waals surface area contributed by atoms with Gasteiger partial charge in [0, 0.05) is 11.6 Å². The van der Waals surface area contributed by atoms with Gasteiger partial charge in [-0.05, 0) is 36.0 Å². The fraction of sp³-hybridized carbons (Fsp3) is 0.682. The van der Waals surface area contributed by atoms with Crippen molar-refractivity contribution >= 4 is 5.91 Å². The van der Waals surface area contributed by atoms with Crippen LogP contribution in [0.4, 0.5) is 0 Å². The Balaban J connectivity index is 1.52. The van der Waals surface area contributed by atoms with Crippen molar-refractivity contribution in [3.05, 3.63) is 35.9 Å².